The number of benzene rings is 2. The third kappa shape index (κ3) is 6.39. The normalized spacial score (nSPS) is 10.4. The molecule has 8 nitrogen and oxygen atoms in total. The van der Waals surface area contributed by atoms with E-state index in [2.05, 4.69) is 10.6 Å². The Morgan fingerprint density at radius 2 is 1.86 bits per heavy atom. The summed E-state index contributed by atoms with van der Waals surface area (Å²) in [7, 11) is 0. The molecule has 0 bridgehead atoms. The molecule has 0 saturated heterocycles. The second-order valence-electron chi connectivity index (χ2n) is 6.60. The van der Waals surface area contributed by atoms with Crippen LogP contribution in [0.25, 0.3) is 0 Å². The molecule has 0 unspecified atom stereocenters. The van der Waals surface area contributed by atoms with Crippen LogP contribution in [0.4, 0.5) is 11.4 Å². The number of esters is 1. The number of nitro groups is 1. The lowest BCUT2D eigenvalue weighted by molar-refractivity contribution is -0.384. The van der Waals surface area contributed by atoms with Crippen molar-refractivity contribution in [3.05, 3.63) is 69.8 Å². The summed E-state index contributed by atoms with van der Waals surface area (Å²) in [4.78, 5) is 34.5. The minimum Gasteiger partial charge on any atom is -0.452 e. The molecular formula is C20H23N3O5. The molecule has 148 valence electrons. The zero-order valence-corrected chi connectivity index (χ0v) is 15.8. The van der Waals surface area contributed by atoms with Crippen molar-refractivity contribution >= 4 is 23.3 Å². The molecule has 2 aromatic carbocycles. The Morgan fingerprint density at radius 1 is 1.14 bits per heavy atom. The molecule has 0 aliphatic carbocycles. The summed E-state index contributed by atoms with van der Waals surface area (Å²) >= 11 is 0. The number of rotatable bonds is 9. The molecule has 0 heterocycles. The number of hydrogen-bond acceptors (Lipinski definition) is 6. The summed E-state index contributed by atoms with van der Waals surface area (Å²) in [5, 5.41) is 17.0. The molecule has 0 atom stereocenters. The van der Waals surface area contributed by atoms with Gasteiger partial charge in [0, 0.05) is 19.2 Å². The first kappa shape index (κ1) is 20.9. The van der Waals surface area contributed by atoms with E-state index in [1.807, 2.05) is 44.2 Å². The van der Waals surface area contributed by atoms with E-state index in [4.69, 9.17) is 4.74 Å². The van der Waals surface area contributed by atoms with E-state index < -0.39 is 23.4 Å². The predicted octanol–water partition coefficient (Wildman–Crippen LogP) is 3.14. The Labute approximate surface area is 163 Å². The zero-order chi connectivity index (χ0) is 20.5. The van der Waals surface area contributed by atoms with E-state index in [0.29, 0.717) is 18.8 Å². The quantitative estimate of drug-likeness (QED) is 0.390. The van der Waals surface area contributed by atoms with Gasteiger partial charge in [0.05, 0.1) is 10.5 Å². The van der Waals surface area contributed by atoms with Crippen LogP contribution in [0, 0.1) is 16.0 Å². The van der Waals surface area contributed by atoms with Crippen molar-refractivity contribution in [1.82, 2.24) is 5.32 Å². The summed E-state index contributed by atoms with van der Waals surface area (Å²) in [6.07, 6.45) is 0. The second-order valence-corrected chi connectivity index (χ2v) is 6.60. The smallest absolute Gasteiger partial charge is 0.338 e. The Bertz CT molecular complexity index is 837. The van der Waals surface area contributed by atoms with Crippen molar-refractivity contribution < 1.29 is 19.2 Å². The van der Waals surface area contributed by atoms with Crippen molar-refractivity contribution in [2.45, 2.75) is 20.4 Å². The van der Waals surface area contributed by atoms with Crippen LogP contribution in [0.3, 0.4) is 0 Å². The van der Waals surface area contributed by atoms with Crippen LogP contribution in [0.15, 0.2) is 48.5 Å². The van der Waals surface area contributed by atoms with Gasteiger partial charge in [-0.25, -0.2) is 4.79 Å². The SMILES string of the molecule is CC(C)CNC(=O)COC(=O)c1ccc(NCc2ccccc2)c([N+](=O)[O-])c1. The highest BCUT2D eigenvalue weighted by Crippen LogP contribution is 2.26. The second kappa shape index (κ2) is 10.1. The molecule has 0 spiro atoms. The molecule has 0 saturated carbocycles. The first-order valence-electron chi connectivity index (χ1n) is 8.87. The van der Waals surface area contributed by atoms with Gasteiger partial charge in [0.2, 0.25) is 0 Å². The van der Waals surface area contributed by atoms with Crippen LogP contribution in [0.1, 0.15) is 29.8 Å². The molecule has 1 amide bonds. The number of carbonyl (C=O) groups excluding carboxylic acids is 2. The molecule has 2 rings (SSSR count). The van der Waals surface area contributed by atoms with Gasteiger partial charge in [-0.3, -0.25) is 14.9 Å². The largest absolute Gasteiger partial charge is 0.452 e. The van der Waals surface area contributed by atoms with Gasteiger partial charge in [-0.15, -0.1) is 0 Å². The molecule has 0 radical (unpaired) electrons. The molecule has 0 aliphatic heterocycles. The lowest BCUT2D eigenvalue weighted by atomic mass is 10.1. The maximum absolute atomic E-state index is 12.1. The third-order valence-electron chi connectivity index (χ3n) is 3.80. The molecule has 8 heteroatoms. The molecule has 0 aliphatic rings. The van der Waals surface area contributed by atoms with E-state index in [1.54, 1.807) is 0 Å². The van der Waals surface area contributed by atoms with Gasteiger partial charge in [0.15, 0.2) is 6.61 Å². The molecule has 28 heavy (non-hydrogen) atoms. The first-order chi connectivity index (χ1) is 13.4. The van der Waals surface area contributed by atoms with Gasteiger partial charge in [-0.2, -0.15) is 0 Å². The minimum absolute atomic E-state index is 0.00798. The van der Waals surface area contributed by atoms with Crippen LogP contribution < -0.4 is 10.6 Å². The molecule has 0 aromatic heterocycles. The third-order valence-corrected chi connectivity index (χ3v) is 3.80. The maximum atomic E-state index is 12.1. The van der Waals surface area contributed by atoms with Crippen LogP contribution in [-0.4, -0.2) is 30.0 Å². The van der Waals surface area contributed by atoms with Crippen LogP contribution >= 0.6 is 0 Å². The number of carbonyl (C=O) groups is 2. The highest BCUT2D eigenvalue weighted by Gasteiger charge is 2.19. The topological polar surface area (TPSA) is 111 Å². The average Bonchev–Trinajstić information content (AvgIpc) is 2.69. The van der Waals surface area contributed by atoms with Gasteiger partial charge in [-0.1, -0.05) is 44.2 Å². The summed E-state index contributed by atoms with van der Waals surface area (Å²) in [5.74, 6) is -0.937. The van der Waals surface area contributed by atoms with Crippen LogP contribution in [-0.2, 0) is 16.1 Å². The van der Waals surface area contributed by atoms with E-state index >= 15 is 0 Å². The minimum atomic E-state index is -0.794. The summed E-state index contributed by atoms with van der Waals surface area (Å²) < 4.78 is 4.93. The highest BCUT2D eigenvalue weighted by molar-refractivity contribution is 5.93. The van der Waals surface area contributed by atoms with Gasteiger partial charge in [0.25, 0.3) is 11.6 Å². The molecule has 2 aromatic rings. The van der Waals surface area contributed by atoms with E-state index in [9.17, 15) is 19.7 Å². The summed E-state index contributed by atoms with van der Waals surface area (Å²) in [5.41, 5.74) is 1.02. The maximum Gasteiger partial charge on any atom is 0.338 e. The number of ether oxygens (including phenoxy) is 1. The number of nitrogens with one attached hydrogen (secondary N) is 2. The van der Waals surface area contributed by atoms with E-state index in [0.717, 1.165) is 11.6 Å². The molecular weight excluding hydrogens is 362 g/mol. The number of amides is 1. The molecule has 2 N–H and O–H groups in total. The predicted molar refractivity (Wildman–Crippen MR) is 105 cm³/mol. The lowest BCUT2D eigenvalue weighted by Crippen LogP contribution is -2.31. The fourth-order valence-electron chi connectivity index (χ4n) is 2.34. The van der Waals surface area contributed by atoms with Crippen LogP contribution in [0.2, 0.25) is 0 Å². The van der Waals surface area contributed by atoms with Crippen molar-refractivity contribution in [1.29, 1.82) is 0 Å². The number of nitrogens with zero attached hydrogens (tertiary/aromatic N) is 1. The van der Waals surface area contributed by atoms with Gasteiger partial charge in [0.1, 0.15) is 5.69 Å². The summed E-state index contributed by atoms with van der Waals surface area (Å²) in [6, 6.07) is 13.5. The Morgan fingerprint density at radius 3 is 2.50 bits per heavy atom. The Kier molecular flexibility index (Phi) is 7.50. The average molecular weight is 385 g/mol. The fraction of sp³-hybridized carbons (Fsp3) is 0.300. The Hall–Kier alpha value is -3.42. The van der Waals surface area contributed by atoms with Gasteiger partial charge >= 0.3 is 5.97 Å². The fourth-order valence-corrected chi connectivity index (χ4v) is 2.34. The molecule has 0 fully saturated rings. The van der Waals surface area contributed by atoms with Crippen molar-refractivity contribution in [2.75, 3.05) is 18.5 Å². The first-order valence-corrected chi connectivity index (χ1v) is 8.87. The summed E-state index contributed by atoms with van der Waals surface area (Å²) in [6.45, 7) is 4.33. The number of hydrogen-bond donors (Lipinski definition) is 2. The van der Waals surface area contributed by atoms with Crippen molar-refractivity contribution in [3.8, 4) is 0 Å². The Balaban J connectivity index is 2.01. The standard InChI is InChI=1S/C20H23N3O5/c1-14(2)11-22-19(24)13-28-20(25)16-8-9-17(18(10-16)23(26)27)21-12-15-6-4-3-5-7-15/h3-10,14,21H,11-13H2,1-2H3,(H,22,24). The number of anilines is 1. The highest BCUT2D eigenvalue weighted by atomic mass is 16.6. The monoisotopic (exact) mass is 385 g/mol. The lowest BCUT2D eigenvalue weighted by Gasteiger charge is -2.10. The van der Waals surface area contributed by atoms with Crippen molar-refractivity contribution in [2.24, 2.45) is 5.92 Å². The van der Waals surface area contributed by atoms with Gasteiger partial charge < -0.3 is 15.4 Å². The zero-order valence-electron chi connectivity index (χ0n) is 15.8. The van der Waals surface area contributed by atoms with E-state index in [1.165, 1.54) is 12.1 Å². The van der Waals surface area contributed by atoms with Gasteiger partial charge in [-0.05, 0) is 23.6 Å². The van der Waals surface area contributed by atoms with Crippen molar-refractivity contribution in [3.63, 3.8) is 0 Å². The van der Waals surface area contributed by atoms with E-state index in [-0.39, 0.29) is 17.2 Å². The number of nitro benzene ring substituents is 1. The van der Waals surface area contributed by atoms with Crippen LogP contribution in [0.5, 0.6) is 0 Å².